The van der Waals surface area contributed by atoms with Crippen molar-refractivity contribution >= 4 is 5.97 Å². The maximum Gasteiger partial charge on any atom is 0.308 e. The maximum atomic E-state index is 11.2. The van der Waals surface area contributed by atoms with E-state index in [0.29, 0.717) is 17.9 Å². The molecule has 0 aliphatic rings. The van der Waals surface area contributed by atoms with Crippen molar-refractivity contribution in [3.8, 4) is 5.75 Å². The highest BCUT2D eigenvalue weighted by atomic mass is 16.5. The van der Waals surface area contributed by atoms with E-state index < -0.39 is 12.1 Å². The summed E-state index contributed by atoms with van der Waals surface area (Å²) >= 11 is 0. The van der Waals surface area contributed by atoms with Crippen LogP contribution < -0.4 is 4.74 Å². The lowest BCUT2D eigenvalue weighted by molar-refractivity contribution is -0.145. The molecule has 0 saturated heterocycles. The van der Waals surface area contributed by atoms with Crippen LogP contribution in [0.15, 0.2) is 18.2 Å². The fourth-order valence-corrected chi connectivity index (χ4v) is 1.54. The first-order chi connectivity index (χ1) is 8.08. The summed E-state index contributed by atoms with van der Waals surface area (Å²) in [7, 11) is 1.57. The number of aliphatic hydroxyl groups excluding tert-OH is 1. The predicted octanol–water partition coefficient (Wildman–Crippen LogP) is 1.99. The van der Waals surface area contributed by atoms with Crippen LogP contribution in [0.1, 0.15) is 30.6 Å². The fourth-order valence-electron chi connectivity index (χ4n) is 1.54. The second kappa shape index (κ2) is 6.25. The van der Waals surface area contributed by atoms with Gasteiger partial charge in [-0.15, -0.1) is 0 Å². The number of carbonyl (C=O) groups is 1. The van der Waals surface area contributed by atoms with Crippen LogP contribution in [-0.2, 0) is 9.53 Å². The van der Waals surface area contributed by atoms with Gasteiger partial charge in [-0.25, -0.2) is 0 Å². The monoisotopic (exact) mass is 238 g/mol. The van der Waals surface area contributed by atoms with Gasteiger partial charge in [0.2, 0.25) is 0 Å². The average molecular weight is 238 g/mol. The Morgan fingerprint density at radius 2 is 2.18 bits per heavy atom. The number of methoxy groups -OCH3 is 1. The summed E-state index contributed by atoms with van der Waals surface area (Å²) in [6.07, 6.45) is -0.899. The van der Waals surface area contributed by atoms with Gasteiger partial charge in [-0.2, -0.15) is 0 Å². The molecule has 17 heavy (non-hydrogen) atoms. The molecule has 0 aliphatic heterocycles. The molecule has 1 atom stereocenters. The third-order valence-electron chi connectivity index (χ3n) is 2.48. The second-order valence-electron chi connectivity index (χ2n) is 3.75. The first kappa shape index (κ1) is 13.5. The average Bonchev–Trinajstić information content (AvgIpc) is 2.29. The van der Waals surface area contributed by atoms with Crippen LogP contribution >= 0.6 is 0 Å². The Labute approximate surface area is 101 Å². The summed E-state index contributed by atoms with van der Waals surface area (Å²) in [5, 5.41) is 9.87. The highest BCUT2D eigenvalue weighted by molar-refractivity contribution is 5.70. The molecule has 1 aromatic carbocycles. The van der Waals surface area contributed by atoms with E-state index in [-0.39, 0.29) is 6.42 Å². The number of carbonyl (C=O) groups excluding carboxylic acids is 1. The lowest BCUT2D eigenvalue weighted by Gasteiger charge is -2.12. The molecule has 0 aromatic heterocycles. The quantitative estimate of drug-likeness (QED) is 0.797. The first-order valence-electron chi connectivity index (χ1n) is 5.56. The van der Waals surface area contributed by atoms with Crippen molar-refractivity contribution in [2.24, 2.45) is 0 Å². The van der Waals surface area contributed by atoms with Gasteiger partial charge in [0.15, 0.2) is 0 Å². The van der Waals surface area contributed by atoms with E-state index in [2.05, 4.69) is 0 Å². The Kier molecular flexibility index (Phi) is 4.97. The third kappa shape index (κ3) is 3.75. The van der Waals surface area contributed by atoms with Crippen molar-refractivity contribution < 1.29 is 19.4 Å². The minimum atomic E-state index is -0.858. The van der Waals surface area contributed by atoms with Crippen LogP contribution in [-0.4, -0.2) is 24.8 Å². The van der Waals surface area contributed by atoms with Crippen molar-refractivity contribution in [2.75, 3.05) is 13.7 Å². The summed E-state index contributed by atoms with van der Waals surface area (Å²) in [5.41, 5.74) is 1.64. The van der Waals surface area contributed by atoms with Crippen molar-refractivity contribution in [2.45, 2.75) is 26.4 Å². The van der Waals surface area contributed by atoms with Gasteiger partial charge >= 0.3 is 5.97 Å². The minimum absolute atomic E-state index is 0.0416. The third-order valence-corrected chi connectivity index (χ3v) is 2.48. The Morgan fingerprint density at radius 3 is 2.76 bits per heavy atom. The van der Waals surface area contributed by atoms with Crippen molar-refractivity contribution in [1.82, 2.24) is 0 Å². The van der Waals surface area contributed by atoms with Crippen LogP contribution in [0.4, 0.5) is 0 Å². The summed E-state index contributed by atoms with van der Waals surface area (Å²) in [6.45, 7) is 3.97. The van der Waals surface area contributed by atoms with Crippen LogP contribution in [0.2, 0.25) is 0 Å². The zero-order valence-corrected chi connectivity index (χ0v) is 10.4. The van der Waals surface area contributed by atoms with Gasteiger partial charge in [-0.3, -0.25) is 4.79 Å². The first-order valence-corrected chi connectivity index (χ1v) is 5.56. The molecule has 0 spiro atoms. The Morgan fingerprint density at radius 1 is 1.47 bits per heavy atom. The number of ether oxygens (including phenoxy) is 2. The van der Waals surface area contributed by atoms with Crippen LogP contribution in [0.3, 0.4) is 0 Å². The molecule has 1 unspecified atom stereocenters. The van der Waals surface area contributed by atoms with E-state index in [9.17, 15) is 9.90 Å². The second-order valence-corrected chi connectivity index (χ2v) is 3.75. The number of benzene rings is 1. The molecular weight excluding hydrogens is 220 g/mol. The van der Waals surface area contributed by atoms with Crippen LogP contribution in [0.5, 0.6) is 5.75 Å². The number of aryl methyl sites for hydroxylation is 1. The molecule has 4 heteroatoms. The molecular formula is C13H18O4. The summed E-state index contributed by atoms with van der Waals surface area (Å²) in [4.78, 5) is 11.2. The molecule has 0 amide bonds. The van der Waals surface area contributed by atoms with Gasteiger partial charge in [-0.1, -0.05) is 12.1 Å². The van der Waals surface area contributed by atoms with E-state index in [1.165, 1.54) is 0 Å². The van der Waals surface area contributed by atoms with Crippen molar-refractivity contribution in [3.05, 3.63) is 29.3 Å². The Hall–Kier alpha value is -1.55. The van der Waals surface area contributed by atoms with E-state index in [4.69, 9.17) is 9.47 Å². The Balaban J connectivity index is 2.75. The summed E-state index contributed by atoms with van der Waals surface area (Å²) < 4.78 is 9.95. The van der Waals surface area contributed by atoms with Gasteiger partial charge in [0.05, 0.1) is 26.2 Å². The van der Waals surface area contributed by atoms with Gasteiger partial charge < -0.3 is 14.6 Å². The number of esters is 1. The summed E-state index contributed by atoms with van der Waals surface area (Å²) in [6, 6.07) is 5.36. The highest BCUT2D eigenvalue weighted by Gasteiger charge is 2.15. The lowest BCUT2D eigenvalue weighted by atomic mass is 10.0. The summed E-state index contributed by atoms with van der Waals surface area (Å²) in [5.74, 6) is 0.296. The lowest BCUT2D eigenvalue weighted by Crippen LogP contribution is -2.10. The fraction of sp³-hybridized carbons (Fsp3) is 0.462. The number of hydrogen-bond donors (Lipinski definition) is 1. The SMILES string of the molecule is CCOC(=O)CC(O)c1ccc(C)c(OC)c1. The molecule has 0 saturated carbocycles. The van der Waals surface area contributed by atoms with Crippen LogP contribution in [0.25, 0.3) is 0 Å². The smallest absolute Gasteiger partial charge is 0.308 e. The van der Waals surface area contributed by atoms with Crippen molar-refractivity contribution in [3.63, 3.8) is 0 Å². The number of rotatable bonds is 5. The Bertz CT molecular complexity index is 387. The molecule has 0 fully saturated rings. The van der Waals surface area contributed by atoms with Gasteiger partial charge in [-0.05, 0) is 31.0 Å². The van der Waals surface area contributed by atoms with Crippen molar-refractivity contribution in [1.29, 1.82) is 0 Å². The molecule has 1 aromatic rings. The topological polar surface area (TPSA) is 55.8 Å². The maximum absolute atomic E-state index is 11.2. The largest absolute Gasteiger partial charge is 0.496 e. The predicted molar refractivity (Wildman–Crippen MR) is 63.9 cm³/mol. The highest BCUT2D eigenvalue weighted by Crippen LogP contribution is 2.25. The van der Waals surface area contributed by atoms with Gasteiger partial charge in [0, 0.05) is 0 Å². The number of hydrogen-bond acceptors (Lipinski definition) is 4. The van der Waals surface area contributed by atoms with Crippen LogP contribution in [0, 0.1) is 6.92 Å². The molecule has 0 heterocycles. The van der Waals surface area contributed by atoms with Gasteiger partial charge in [0.25, 0.3) is 0 Å². The molecule has 4 nitrogen and oxygen atoms in total. The molecule has 0 aliphatic carbocycles. The van der Waals surface area contributed by atoms with E-state index in [0.717, 1.165) is 5.56 Å². The molecule has 0 radical (unpaired) electrons. The zero-order valence-electron chi connectivity index (χ0n) is 10.4. The molecule has 1 N–H and O–H groups in total. The molecule has 94 valence electrons. The van der Waals surface area contributed by atoms with E-state index >= 15 is 0 Å². The zero-order chi connectivity index (χ0) is 12.8. The normalized spacial score (nSPS) is 12.0. The molecule has 0 bridgehead atoms. The van der Waals surface area contributed by atoms with Gasteiger partial charge in [0.1, 0.15) is 5.75 Å². The van der Waals surface area contributed by atoms with E-state index in [1.54, 1.807) is 26.2 Å². The standard InChI is InChI=1S/C13H18O4/c1-4-17-13(15)8-11(14)10-6-5-9(2)12(7-10)16-3/h5-7,11,14H,4,8H2,1-3H3. The molecule has 1 rings (SSSR count). The number of aliphatic hydroxyl groups is 1. The van der Waals surface area contributed by atoms with E-state index in [1.807, 2.05) is 13.0 Å². The minimum Gasteiger partial charge on any atom is -0.496 e.